The number of nitrogens with zero attached hydrogens (tertiary/aromatic N) is 2. The number of rotatable bonds is 5. The van der Waals surface area contributed by atoms with E-state index in [9.17, 15) is 9.59 Å². The van der Waals surface area contributed by atoms with Crippen LogP contribution in [0.15, 0.2) is 34.1 Å². The van der Waals surface area contributed by atoms with Crippen LogP contribution in [-0.2, 0) is 0 Å². The van der Waals surface area contributed by atoms with Gasteiger partial charge in [-0.3, -0.25) is 4.79 Å². The molecule has 1 aromatic carbocycles. The predicted molar refractivity (Wildman–Crippen MR) is 94.8 cm³/mol. The number of aromatic amines is 2. The number of benzene rings is 1. The molecule has 0 spiro atoms. The molecule has 0 saturated carbocycles. The number of nitrogens with one attached hydrogen (secondary N) is 2. The fourth-order valence-corrected chi connectivity index (χ4v) is 3.18. The third-order valence-electron chi connectivity index (χ3n) is 3.55. The standard InChI is InChI=1S/C17H18N4O2S/c1-9(2)16-18-10(3)6-15(21-16)24-8-14(22)11-4-5-12-13(7-11)20-17(23)19-12/h4-7,9H,8H2,1-3H3,(H2,19,20,23). The number of aryl methyl sites for hydroxylation is 1. The van der Waals surface area contributed by atoms with Crippen molar-refractivity contribution in [3.8, 4) is 0 Å². The second-order valence-corrected chi connectivity index (χ2v) is 6.91. The van der Waals surface area contributed by atoms with Gasteiger partial charge in [-0.2, -0.15) is 0 Å². The first-order valence-corrected chi connectivity index (χ1v) is 8.64. The molecule has 6 nitrogen and oxygen atoms in total. The summed E-state index contributed by atoms with van der Waals surface area (Å²) in [4.78, 5) is 37.9. The lowest BCUT2D eigenvalue weighted by molar-refractivity contribution is 0.102. The number of H-pyrrole nitrogens is 2. The Balaban J connectivity index is 1.75. The van der Waals surface area contributed by atoms with Crippen molar-refractivity contribution in [3.63, 3.8) is 0 Å². The third-order valence-corrected chi connectivity index (χ3v) is 4.46. The van der Waals surface area contributed by atoms with Gasteiger partial charge in [0.05, 0.1) is 16.8 Å². The zero-order chi connectivity index (χ0) is 17.3. The SMILES string of the molecule is Cc1cc(SCC(=O)c2ccc3[nH]c(=O)[nH]c3c2)nc(C(C)C)n1. The highest BCUT2D eigenvalue weighted by molar-refractivity contribution is 7.99. The van der Waals surface area contributed by atoms with Crippen molar-refractivity contribution in [2.24, 2.45) is 0 Å². The Bertz CT molecular complexity index is 959. The second kappa shape index (κ2) is 6.60. The van der Waals surface area contributed by atoms with Crippen molar-refractivity contribution in [2.45, 2.75) is 31.7 Å². The quantitative estimate of drug-likeness (QED) is 0.422. The number of Topliss-reactive ketones (excluding diaryl/α,β-unsaturated/α-hetero) is 1. The molecule has 0 atom stereocenters. The first-order valence-electron chi connectivity index (χ1n) is 7.66. The van der Waals surface area contributed by atoms with Crippen molar-refractivity contribution in [1.29, 1.82) is 0 Å². The van der Waals surface area contributed by atoms with E-state index in [2.05, 4.69) is 19.9 Å². The minimum absolute atomic E-state index is 0.00805. The Kier molecular flexibility index (Phi) is 4.53. The maximum Gasteiger partial charge on any atom is 0.323 e. The topological polar surface area (TPSA) is 91.5 Å². The van der Waals surface area contributed by atoms with Crippen molar-refractivity contribution in [3.05, 3.63) is 51.8 Å². The van der Waals surface area contributed by atoms with Crippen LogP contribution in [0.25, 0.3) is 11.0 Å². The van der Waals surface area contributed by atoms with Gasteiger partial charge >= 0.3 is 5.69 Å². The highest BCUT2D eigenvalue weighted by atomic mass is 32.2. The molecule has 0 bridgehead atoms. The zero-order valence-electron chi connectivity index (χ0n) is 13.7. The van der Waals surface area contributed by atoms with E-state index in [0.29, 0.717) is 16.6 Å². The fourth-order valence-electron chi connectivity index (χ4n) is 2.32. The number of imidazole rings is 1. The van der Waals surface area contributed by atoms with Gasteiger partial charge in [-0.15, -0.1) is 0 Å². The number of hydrogen-bond acceptors (Lipinski definition) is 5. The summed E-state index contributed by atoms with van der Waals surface area (Å²) in [6.45, 7) is 6.01. The van der Waals surface area contributed by atoms with E-state index in [4.69, 9.17) is 0 Å². The van der Waals surface area contributed by atoms with Crippen LogP contribution in [0.2, 0.25) is 0 Å². The highest BCUT2D eigenvalue weighted by Crippen LogP contribution is 2.21. The average molecular weight is 342 g/mol. The van der Waals surface area contributed by atoms with Gasteiger partial charge in [0.1, 0.15) is 10.9 Å². The molecule has 2 aromatic heterocycles. The molecule has 2 heterocycles. The van der Waals surface area contributed by atoms with E-state index in [-0.39, 0.29) is 23.1 Å². The zero-order valence-corrected chi connectivity index (χ0v) is 14.5. The summed E-state index contributed by atoms with van der Waals surface area (Å²) in [6.07, 6.45) is 0. The minimum Gasteiger partial charge on any atom is -0.306 e. The van der Waals surface area contributed by atoms with E-state index >= 15 is 0 Å². The van der Waals surface area contributed by atoms with E-state index in [0.717, 1.165) is 16.5 Å². The van der Waals surface area contributed by atoms with Gasteiger partial charge in [-0.1, -0.05) is 25.6 Å². The summed E-state index contributed by atoms with van der Waals surface area (Å²) >= 11 is 1.40. The van der Waals surface area contributed by atoms with Gasteiger partial charge in [0.25, 0.3) is 0 Å². The van der Waals surface area contributed by atoms with Crippen LogP contribution >= 0.6 is 11.8 Å². The van der Waals surface area contributed by atoms with Crippen molar-refractivity contribution in [2.75, 3.05) is 5.75 Å². The van der Waals surface area contributed by atoms with E-state index in [1.807, 2.05) is 26.8 Å². The Labute approximate surface area is 143 Å². The molecule has 124 valence electrons. The van der Waals surface area contributed by atoms with Crippen molar-refractivity contribution in [1.82, 2.24) is 19.9 Å². The van der Waals surface area contributed by atoms with Gasteiger partial charge < -0.3 is 9.97 Å². The number of hydrogen-bond donors (Lipinski definition) is 2. The molecular weight excluding hydrogens is 324 g/mol. The van der Waals surface area contributed by atoms with E-state index in [1.54, 1.807) is 18.2 Å². The van der Waals surface area contributed by atoms with Gasteiger partial charge in [-0.25, -0.2) is 14.8 Å². The van der Waals surface area contributed by atoms with Crippen LogP contribution in [0.4, 0.5) is 0 Å². The fraction of sp³-hybridized carbons (Fsp3) is 0.294. The van der Waals surface area contributed by atoms with E-state index in [1.165, 1.54) is 11.8 Å². The Morgan fingerprint density at radius 2 is 1.92 bits per heavy atom. The summed E-state index contributed by atoms with van der Waals surface area (Å²) in [7, 11) is 0. The highest BCUT2D eigenvalue weighted by Gasteiger charge is 2.11. The first-order chi connectivity index (χ1) is 11.4. The van der Waals surface area contributed by atoms with Crippen LogP contribution in [0.5, 0.6) is 0 Å². The maximum absolute atomic E-state index is 12.4. The molecule has 7 heteroatoms. The summed E-state index contributed by atoms with van der Waals surface area (Å²) in [5.41, 5.74) is 2.52. The lowest BCUT2D eigenvalue weighted by Gasteiger charge is -2.08. The van der Waals surface area contributed by atoms with Crippen LogP contribution in [0.1, 0.15) is 41.6 Å². The summed E-state index contributed by atoms with van der Waals surface area (Å²) in [5, 5.41) is 0.802. The number of aromatic nitrogens is 4. The van der Waals surface area contributed by atoms with Crippen LogP contribution < -0.4 is 5.69 Å². The van der Waals surface area contributed by atoms with Crippen LogP contribution in [0, 0.1) is 6.92 Å². The summed E-state index contributed by atoms with van der Waals surface area (Å²) in [6, 6.07) is 7.04. The number of thioether (sulfide) groups is 1. The molecular formula is C17H18N4O2S. The number of carbonyl (C=O) groups excluding carboxylic acids is 1. The molecule has 2 N–H and O–H groups in total. The first kappa shape index (κ1) is 16.4. The molecule has 3 aromatic rings. The van der Waals surface area contributed by atoms with Gasteiger partial charge in [0, 0.05) is 17.2 Å². The molecule has 0 saturated heterocycles. The molecule has 0 aliphatic heterocycles. The average Bonchev–Trinajstić information content (AvgIpc) is 2.91. The molecule has 0 radical (unpaired) electrons. The van der Waals surface area contributed by atoms with Crippen LogP contribution in [0.3, 0.4) is 0 Å². The largest absolute Gasteiger partial charge is 0.323 e. The van der Waals surface area contributed by atoms with Gasteiger partial charge in [-0.05, 0) is 31.2 Å². The molecule has 0 aliphatic carbocycles. The molecule has 0 unspecified atom stereocenters. The number of ketones is 1. The van der Waals surface area contributed by atoms with Crippen LogP contribution in [-0.4, -0.2) is 31.5 Å². The lowest BCUT2D eigenvalue weighted by Crippen LogP contribution is -2.04. The Morgan fingerprint density at radius 3 is 2.67 bits per heavy atom. The summed E-state index contributed by atoms with van der Waals surface area (Å²) in [5.74, 6) is 1.31. The smallest absolute Gasteiger partial charge is 0.306 e. The molecule has 3 rings (SSSR count). The minimum atomic E-state index is -0.276. The van der Waals surface area contributed by atoms with Crippen molar-refractivity contribution < 1.29 is 4.79 Å². The summed E-state index contributed by atoms with van der Waals surface area (Å²) < 4.78 is 0. The molecule has 0 fully saturated rings. The Hall–Kier alpha value is -2.41. The maximum atomic E-state index is 12.4. The molecule has 0 amide bonds. The predicted octanol–water partition coefficient (Wildman–Crippen LogP) is 3.05. The normalized spacial score (nSPS) is 11.3. The number of fused-ring (bicyclic) bond motifs is 1. The lowest BCUT2D eigenvalue weighted by atomic mass is 10.1. The van der Waals surface area contributed by atoms with Crippen molar-refractivity contribution >= 4 is 28.6 Å². The van der Waals surface area contributed by atoms with Gasteiger partial charge in [0.2, 0.25) is 0 Å². The van der Waals surface area contributed by atoms with Gasteiger partial charge in [0.15, 0.2) is 5.78 Å². The Morgan fingerprint density at radius 1 is 1.17 bits per heavy atom. The molecule has 0 aliphatic rings. The molecule has 24 heavy (non-hydrogen) atoms. The number of carbonyl (C=O) groups is 1. The van der Waals surface area contributed by atoms with E-state index < -0.39 is 0 Å². The second-order valence-electron chi connectivity index (χ2n) is 5.91. The monoisotopic (exact) mass is 342 g/mol. The third kappa shape index (κ3) is 3.56.